The topological polar surface area (TPSA) is 64.1 Å². The molecule has 0 spiro atoms. The molecule has 176 valence electrons. The van der Waals surface area contributed by atoms with Crippen molar-refractivity contribution in [2.45, 2.75) is 46.3 Å². The maximum Gasteiger partial charge on any atom is 0.453 e. The van der Waals surface area contributed by atoms with Gasteiger partial charge in [-0.15, -0.1) is 0 Å². The maximum atomic E-state index is 14.0. The predicted molar refractivity (Wildman–Crippen MR) is 118 cm³/mol. The van der Waals surface area contributed by atoms with Crippen molar-refractivity contribution in [2.75, 3.05) is 13.1 Å². The molecule has 5 nitrogen and oxygen atoms in total. The van der Waals surface area contributed by atoms with Crippen molar-refractivity contribution in [1.82, 2.24) is 0 Å². The lowest BCUT2D eigenvalue weighted by Gasteiger charge is -2.28. The molecular formula is C25H27F3NO4+. The molecule has 0 aliphatic carbocycles. The summed E-state index contributed by atoms with van der Waals surface area (Å²) in [6, 6.07) is 7.69. The van der Waals surface area contributed by atoms with Crippen molar-refractivity contribution in [3.8, 4) is 17.2 Å². The summed E-state index contributed by atoms with van der Waals surface area (Å²) in [5.41, 5.74) is 0.402. The highest BCUT2D eigenvalue weighted by Gasteiger charge is 2.41. The lowest BCUT2D eigenvalue weighted by molar-refractivity contribution is -0.922. The van der Waals surface area contributed by atoms with Gasteiger partial charge in [0.2, 0.25) is 11.2 Å². The Hall–Kier alpha value is -3.00. The minimum atomic E-state index is -4.96. The Kier molecular flexibility index (Phi) is 6.14. The zero-order valence-corrected chi connectivity index (χ0v) is 18.8. The van der Waals surface area contributed by atoms with Crippen LogP contribution in [0.4, 0.5) is 13.2 Å². The molecule has 1 unspecified atom stereocenters. The standard InChI is InChI=1S/C25H26F3NO4/c1-14-6-7-16(3)20(11-14)32-23-21(31)17-8-9-19(30)18(13-29-10-4-5-15(2)12-29)22(17)33-24(23)25(26,27)28/h6-9,11,15,30H,4-5,10,12-13H2,1-3H3/p+1/t15-/m0/s1. The minimum Gasteiger partial charge on any atom is -0.507 e. The second kappa shape index (κ2) is 8.74. The Morgan fingerprint density at radius 2 is 1.97 bits per heavy atom. The molecule has 1 aromatic heterocycles. The Bertz CT molecular complexity index is 1250. The van der Waals surface area contributed by atoms with Gasteiger partial charge in [0.25, 0.3) is 5.76 Å². The first kappa shape index (κ1) is 23.2. The van der Waals surface area contributed by atoms with Gasteiger partial charge >= 0.3 is 6.18 Å². The molecule has 4 rings (SSSR count). The fourth-order valence-corrected chi connectivity index (χ4v) is 4.47. The molecule has 3 aromatic rings. The van der Waals surface area contributed by atoms with E-state index in [1.165, 1.54) is 12.1 Å². The Labute approximate surface area is 189 Å². The first-order chi connectivity index (χ1) is 15.5. The zero-order chi connectivity index (χ0) is 23.9. The van der Waals surface area contributed by atoms with Crippen LogP contribution in [0.25, 0.3) is 11.0 Å². The molecule has 1 aliphatic heterocycles. The number of likely N-dealkylation sites (tertiary alicyclic amines) is 1. The summed E-state index contributed by atoms with van der Waals surface area (Å²) in [6.45, 7) is 7.53. The highest BCUT2D eigenvalue weighted by Crippen LogP contribution is 2.40. The second-order valence-electron chi connectivity index (χ2n) is 9.03. The molecule has 0 radical (unpaired) electrons. The van der Waals surface area contributed by atoms with E-state index in [0.717, 1.165) is 36.4 Å². The number of fused-ring (bicyclic) bond motifs is 1. The van der Waals surface area contributed by atoms with Crippen LogP contribution in [0.1, 0.15) is 42.2 Å². The minimum absolute atomic E-state index is 0.0550. The van der Waals surface area contributed by atoms with E-state index in [-0.39, 0.29) is 34.6 Å². The predicted octanol–water partition coefficient (Wildman–Crippen LogP) is 4.74. The molecule has 0 bridgehead atoms. The van der Waals surface area contributed by atoms with Gasteiger partial charge in [-0.25, -0.2) is 0 Å². The number of phenolic OH excluding ortho intramolecular Hbond substituents is 1. The van der Waals surface area contributed by atoms with Gasteiger partial charge < -0.3 is 19.2 Å². The molecule has 0 saturated carbocycles. The maximum absolute atomic E-state index is 14.0. The van der Waals surface area contributed by atoms with E-state index in [9.17, 15) is 23.1 Å². The van der Waals surface area contributed by atoms with E-state index < -0.39 is 23.1 Å². The van der Waals surface area contributed by atoms with Crippen LogP contribution >= 0.6 is 0 Å². The van der Waals surface area contributed by atoms with Crippen LogP contribution < -0.4 is 15.1 Å². The van der Waals surface area contributed by atoms with Gasteiger partial charge in [-0.05, 0) is 56.0 Å². The monoisotopic (exact) mass is 462 g/mol. The molecule has 1 saturated heterocycles. The molecule has 8 heteroatoms. The van der Waals surface area contributed by atoms with Crippen LogP contribution in [0, 0.1) is 19.8 Å². The van der Waals surface area contributed by atoms with E-state index in [4.69, 9.17) is 9.15 Å². The Morgan fingerprint density at radius 3 is 2.67 bits per heavy atom. The Balaban J connectivity index is 1.88. The van der Waals surface area contributed by atoms with Crippen LogP contribution in [0.15, 0.2) is 39.5 Å². The largest absolute Gasteiger partial charge is 0.507 e. The third-order valence-electron chi connectivity index (χ3n) is 6.20. The number of rotatable bonds is 4. The molecule has 0 amide bonds. The molecule has 2 aromatic carbocycles. The molecule has 2 atom stereocenters. The molecule has 33 heavy (non-hydrogen) atoms. The number of quaternary nitrogens is 1. The number of ether oxygens (including phenoxy) is 1. The highest BCUT2D eigenvalue weighted by molar-refractivity contribution is 5.83. The number of halogens is 3. The third-order valence-corrected chi connectivity index (χ3v) is 6.20. The van der Waals surface area contributed by atoms with E-state index in [1.807, 2.05) is 0 Å². The van der Waals surface area contributed by atoms with Crippen molar-refractivity contribution in [3.05, 3.63) is 63.0 Å². The summed E-state index contributed by atoms with van der Waals surface area (Å²) >= 11 is 0. The number of aryl methyl sites for hydroxylation is 2. The van der Waals surface area contributed by atoms with Gasteiger partial charge in [0.15, 0.2) is 5.58 Å². The van der Waals surface area contributed by atoms with Crippen molar-refractivity contribution in [3.63, 3.8) is 0 Å². The first-order valence-electron chi connectivity index (χ1n) is 11.0. The first-order valence-corrected chi connectivity index (χ1v) is 11.0. The number of benzene rings is 2. The van der Waals surface area contributed by atoms with E-state index >= 15 is 0 Å². The average molecular weight is 462 g/mol. The smallest absolute Gasteiger partial charge is 0.453 e. The molecule has 2 N–H and O–H groups in total. The van der Waals surface area contributed by atoms with Crippen molar-refractivity contribution in [1.29, 1.82) is 0 Å². The molecule has 1 fully saturated rings. The number of aromatic hydroxyl groups is 1. The normalized spacial score (nSPS) is 19.1. The number of alkyl halides is 3. The van der Waals surface area contributed by atoms with Gasteiger partial charge in [-0.3, -0.25) is 4.79 Å². The van der Waals surface area contributed by atoms with Gasteiger partial charge in [-0.1, -0.05) is 19.1 Å². The quantitative estimate of drug-likeness (QED) is 0.588. The third kappa shape index (κ3) is 4.71. The lowest BCUT2D eigenvalue weighted by atomic mass is 9.99. The average Bonchev–Trinajstić information content (AvgIpc) is 2.73. The number of piperidine rings is 1. The number of nitrogens with one attached hydrogen (secondary N) is 1. The van der Waals surface area contributed by atoms with Crippen molar-refractivity contribution < 1.29 is 32.3 Å². The number of hydrogen-bond acceptors (Lipinski definition) is 4. The SMILES string of the molecule is Cc1ccc(C)c(Oc2c(C(F)(F)F)oc3c(C[NH+]4CCC[C@H](C)C4)c(O)ccc3c2=O)c1. The van der Waals surface area contributed by atoms with Crippen molar-refractivity contribution in [2.24, 2.45) is 5.92 Å². The second-order valence-corrected chi connectivity index (χ2v) is 9.03. The fraction of sp³-hybridized carbons (Fsp3) is 0.400. The van der Waals surface area contributed by atoms with Crippen molar-refractivity contribution >= 4 is 11.0 Å². The van der Waals surface area contributed by atoms with Crippen LogP contribution in [-0.4, -0.2) is 18.2 Å². The van der Waals surface area contributed by atoms with Crippen LogP contribution in [0.5, 0.6) is 17.2 Å². The number of phenols is 1. The van der Waals surface area contributed by atoms with E-state index in [2.05, 4.69) is 6.92 Å². The van der Waals surface area contributed by atoms with Gasteiger partial charge in [0.1, 0.15) is 18.0 Å². The van der Waals surface area contributed by atoms with E-state index in [0.29, 0.717) is 11.5 Å². The van der Waals surface area contributed by atoms with E-state index in [1.54, 1.807) is 32.0 Å². The summed E-state index contributed by atoms with van der Waals surface area (Å²) in [5, 5.41) is 10.4. The Morgan fingerprint density at radius 1 is 1.21 bits per heavy atom. The molecule has 2 heterocycles. The van der Waals surface area contributed by atoms with Gasteiger partial charge in [-0.2, -0.15) is 13.2 Å². The summed E-state index contributed by atoms with van der Waals surface area (Å²) in [4.78, 5) is 14.4. The highest BCUT2D eigenvalue weighted by atomic mass is 19.4. The zero-order valence-electron chi connectivity index (χ0n) is 18.8. The summed E-state index contributed by atoms with van der Waals surface area (Å²) in [5.74, 6) is -1.97. The van der Waals surface area contributed by atoms with Crippen LogP contribution in [0.3, 0.4) is 0 Å². The number of hydrogen-bond donors (Lipinski definition) is 2. The molecule has 1 aliphatic rings. The lowest BCUT2D eigenvalue weighted by Crippen LogP contribution is -3.12. The van der Waals surface area contributed by atoms with Crippen LogP contribution in [0.2, 0.25) is 0 Å². The van der Waals surface area contributed by atoms with Gasteiger partial charge in [0.05, 0.1) is 24.0 Å². The van der Waals surface area contributed by atoms with Gasteiger partial charge in [0, 0.05) is 5.92 Å². The summed E-state index contributed by atoms with van der Waals surface area (Å²) in [7, 11) is 0. The summed E-state index contributed by atoms with van der Waals surface area (Å²) < 4.78 is 52.9. The summed E-state index contributed by atoms with van der Waals surface area (Å²) in [6.07, 6.45) is -2.87. The fourth-order valence-electron chi connectivity index (χ4n) is 4.47. The molecular weight excluding hydrogens is 435 g/mol. The van der Waals surface area contributed by atoms with Crippen LogP contribution in [-0.2, 0) is 12.7 Å².